The smallest absolute Gasteiger partial charge is 0.179 e. The standard InChI is InChI=1S/C66H43NO3Si/c1-4-20-50(21-5-1)71(51-22-6-2-7-23-51,52-24-8-3-9-25-52)53-26-15-18-45(40-53)44-17-14-19-46(39-44)54-29-16-32-65-66(54)59-43-49(35-38-64(59)70-65)68-48-34-37-63-58(42-48)57-41-47(33-36-62(57)69-63)67-60-30-12-10-27-55(60)56-28-11-13-31-61(56)67/h1-43H. The van der Waals surface area contributed by atoms with Crippen molar-refractivity contribution < 1.29 is 13.6 Å². The summed E-state index contributed by atoms with van der Waals surface area (Å²) in [4.78, 5) is 0. The number of benzene rings is 11. The molecule has 0 radical (unpaired) electrons. The van der Waals surface area contributed by atoms with Gasteiger partial charge in [-0.25, -0.2) is 0 Å². The van der Waals surface area contributed by atoms with E-state index in [2.05, 4.69) is 241 Å². The van der Waals surface area contributed by atoms with E-state index >= 15 is 0 Å². The van der Waals surface area contributed by atoms with Crippen molar-refractivity contribution in [3.05, 3.63) is 261 Å². The lowest BCUT2D eigenvalue weighted by atomic mass is 9.96. The van der Waals surface area contributed by atoms with Gasteiger partial charge in [-0.05, 0) is 122 Å². The van der Waals surface area contributed by atoms with Crippen LogP contribution >= 0.6 is 0 Å². The van der Waals surface area contributed by atoms with Gasteiger partial charge in [-0.15, -0.1) is 0 Å². The number of hydrogen-bond acceptors (Lipinski definition) is 3. The molecule has 334 valence electrons. The van der Waals surface area contributed by atoms with Gasteiger partial charge in [0.25, 0.3) is 0 Å². The first-order valence-corrected chi connectivity index (χ1v) is 26.1. The van der Waals surface area contributed by atoms with Gasteiger partial charge < -0.3 is 18.1 Å². The number of nitrogens with zero attached hydrogens (tertiary/aromatic N) is 1. The molecule has 14 rings (SSSR count). The van der Waals surface area contributed by atoms with Crippen LogP contribution in [0.1, 0.15) is 0 Å². The van der Waals surface area contributed by atoms with E-state index < -0.39 is 8.07 Å². The Hall–Kier alpha value is -9.16. The van der Waals surface area contributed by atoms with E-state index in [1.165, 1.54) is 48.1 Å². The summed E-state index contributed by atoms with van der Waals surface area (Å²) >= 11 is 0. The summed E-state index contributed by atoms with van der Waals surface area (Å²) in [7, 11) is -2.72. The molecule has 0 aliphatic rings. The van der Waals surface area contributed by atoms with E-state index in [0.29, 0.717) is 0 Å². The molecule has 5 heteroatoms. The molecule has 3 aromatic heterocycles. The predicted molar refractivity (Wildman–Crippen MR) is 296 cm³/mol. The van der Waals surface area contributed by atoms with Crippen LogP contribution in [0.2, 0.25) is 0 Å². The summed E-state index contributed by atoms with van der Waals surface area (Å²) in [6.45, 7) is 0. The number of aromatic nitrogens is 1. The summed E-state index contributed by atoms with van der Waals surface area (Å²) in [5.74, 6) is 1.45. The molecule has 4 nitrogen and oxygen atoms in total. The molecule has 0 bridgehead atoms. The Morgan fingerprint density at radius 2 is 0.789 bits per heavy atom. The number of para-hydroxylation sites is 2. The van der Waals surface area contributed by atoms with Gasteiger partial charge in [-0.1, -0.05) is 182 Å². The van der Waals surface area contributed by atoms with Crippen LogP contribution in [0, 0.1) is 0 Å². The highest BCUT2D eigenvalue weighted by Gasteiger charge is 2.41. The van der Waals surface area contributed by atoms with Crippen LogP contribution in [-0.4, -0.2) is 12.6 Å². The molecule has 0 spiro atoms. The van der Waals surface area contributed by atoms with Gasteiger partial charge in [0, 0.05) is 38.0 Å². The first-order chi connectivity index (χ1) is 35.2. The lowest BCUT2D eigenvalue weighted by Crippen LogP contribution is -2.74. The van der Waals surface area contributed by atoms with Gasteiger partial charge in [0.15, 0.2) is 8.07 Å². The van der Waals surface area contributed by atoms with Crippen LogP contribution in [0.5, 0.6) is 11.5 Å². The maximum Gasteiger partial charge on any atom is 0.179 e. The summed E-state index contributed by atoms with van der Waals surface area (Å²) in [5.41, 5.74) is 11.2. The topological polar surface area (TPSA) is 40.4 Å². The Morgan fingerprint density at radius 3 is 1.44 bits per heavy atom. The highest BCUT2D eigenvalue weighted by atomic mass is 28.3. The lowest BCUT2D eigenvalue weighted by Gasteiger charge is -2.34. The lowest BCUT2D eigenvalue weighted by molar-refractivity contribution is 0.483. The molecule has 0 saturated heterocycles. The van der Waals surface area contributed by atoms with Crippen LogP contribution in [0.25, 0.3) is 93.6 Å². The fourth-order valence-corrected chi connectivity index (χ4v) is 16.1. The summed E-state index contributed by atoms with van der Waals surface area (Å²) < 4.78 is 22.0. The van der Waals surface area contributed by atoms with Crippen molar-refractivity contribution in [1.82, 2.24) is 4.57 Å². The van der Waals surface area contributed by atoms with Crippen LogP contribution < -0.4 is 25.5 Å². The molecule has 0 aliphatic heterocycles. The zero-order valence-corrected chi connectivity index (χ0v) is 39.5. The third-order valence-electron chi connectivity index (χ3n) is 14.4. The quantitative estimate of drug-likeness (QED) is 0.107. The minimum Gasteiger partial charge on any atom is -0.457 e. The van der Waals surface area contributed by atoms with Crippen molar-refractivity contribution in [2.24, 2.45) is 0 Å². The Bertz CT molecular complexity index is 4170. The molecule has 0 amide bonds. The Kier molecular flexibility index (Phi) is 9.51. The van der Waals surface area contributed by atoms with Crippen molar-refractivity contribution in [3.8, 4) is 39.4 Å². The van der Waals surface area contributed by atoms with Crippen molar-refractivity contribution in [1.29, 1.82) is 0 Å². The highest BCUT2D eigenvalue weighted by Crippen LogP contribution is 2.41. The Morgan fingerprint density at radius 1 is 0.310 bits per heavy atom. The van der Waals surface area contributed by atoms with E-state index in [1.54, 1.807) is 0 Å². The van der Waals surface area contributed by atoms with Gasteiger partial charge >= 0.3 is 0 Å². The number of hydrogen-bond donors (Lipinski definition) is 0. The molecule has 0 unspecified atom stereocenters. The first-order valence-electron chi connectivity index (χ1n) is 24.1. The zero-order chi connectivity index (χ0) is 46.9. The Balaban J connectivity index is 0.834. The molecular formula is C66H43NO3Si. The molecule has 3 heterocycles. The molecule has 0 fully saturated rings. The van der Waals surface area contributed by atoms with Gasteiger partial charge in [-0.2, -0.15) is 0 Å². The summed E-state index contributed by atoms with van der Waals surface area (Å²) in [6.07, 6.45) is 0. The number of furan rings is 2. The number of rotatable bonds is 9. The van der Waals surface area contributed by atoms with E-state index in [1.807, 2.05) is 24.3 Å². The highest BCUT2D eigenvalue weighted by molar-refractivity contribution is 7.19. The fraction of sp³-hybridized carbons (Fsp3) is 0. The minimum absolute atomic E-state index is 0.724. The Labute approximate surface area is 410 Å². The van der Waals surface area contributed by atoms with Crippen molar-refractivity contribution in [3.63, 3.8) is 0 Å². The minimum atomic E-state index is -2.72. The molecule has 71 heavy (non-hydrogen) atoms. The van der Waals surface area contributed by atoms with Gasteiger partial charge in [-0.3, -0.25) is 0 Å². The van der Waals surface area contributed by atoms with E-state index in [9.17, 15) is 0 Å². The van der Waals surface area contributed by atoms with Crippen LogP contribution in [0.4, 0.5) is 0 Å². The van der Waals surface area contributed by atoms with Crippen molar-refractivity contribution in [2.45, 2.75) is 0 Å². The zero-order valence-electron chi connectivity index (χ0n) is 38.5. The molecule has 14 aromatic rings. The SMILES string of the molecule is c1ccc([Si](c2ccccc2)(c2ccccc2)c2cccc(-c3cccc(-c4cccc5oc6ccc(Oc7ccc8oc9ccc(-n%10c%11ccccc%11c%11ccccc%11%10)cc9c8c7)cc6c45)c3)c2)cc1. The monoisotopic (exact) mass is 925 g/mol. The normalized spacial score (nSPS) is 11.9. The van der Waals surface area contributed by atoms with Crippen LogP contribution in [0.3, 0.4) is 0 Å². The van der Waals surface area contributed by atoms with E-state index in [-0.39, 0.29) is 0 Å². The number of fused-ring (bicyclic) bond motifs is 9. The third kappa shape index (κ3) is 6.66. The summed E-state index contributed by atoms with van der Waals surface area (Å²) in [5, 5.41) is 11.9. The maximum atomic E-state index is 6.72. The summed E-state index contributed by atoms with van der Waals surface area (Å²) in [6, 6.07) is 93.6. The van der Waals surface area contributed by atoms with Crippen molar-refractivity contribution in [2.75, 3.05) is 0 Å². The number of ether oxygens (including phenoxy) is 1. The molecule has 0 atom stereocenters. The second kappa shape index (κ2) is 16.5. The second-order valence-electron chi connectivity index (χ2n) is 18.4. The molecule has 11 aromatic carbocycles. The van der Waals surface area contributed by atoms with Gasteiger partial charge in [0.2, 0.25) is 0 Å². The largest absolute Gasteiger partial charge is 0.457 e. The predicted octanol–water partition coefficient (Wildman–Crippen LogP) is 15.1. The average molecular weight is 926 g/mol. The van der Waals surface area contributed by atoms with Crippen molar-refractivity contribution >= 4 is 94.5 Å². The van der Waals surface area contributed by atoms with Gasteiger partial charge in [0.1, 0.15) is 33.8 Å². The molecule has 0 saturated carbocycles. The molecule has 0 N–H and O–H groups in total. The van der Waals surface area contributed by atoms with Crippen LogP contribution in [-0.2, 0) is 0 Å². The molecule has 0 aliphatic carbocycles. The second-order valence-corrected chi connectivity index (χ2v) is 22.2. The third-order valence-corrected chi connectivity index (χ3v) is 19.2. The van der Waals surface area contributed by atoms with E-state index in [0.717, 1.165) is 77.8 Å². The van der Waals surface area contributed by atoms with E-state index in [4.69, 9.17) is 13.6 Å². The fourth-order valence-electron chi connectivity index (χ4n) is 11.3. The van der Waals surface area contributed by atoms with Gasteiger partial charge in [0.05, 0.1) is 11.0 Å². The van der Waals surface area contributed by atoms with Crippen LogP contribution in [0.15, 0.2) is 270 Å². The average Bonchev–Trinajstić information content (AvgIpc) is 4.11. The molecular weight excluding hydrogens is 883 g/mol. The maximum absolute atomic E-state index is 6.72. The first kappa shape index (κ1) is 40.9.